The molecule has 1 saturated carbocycles. The summed E-state index contributed by atoms with van der Waals surface area (Å²) in [7, 11) is 0. The number of ether oxygens (including phenoxy) is 1. The van der Waals surface area contributed by atoms with Crippen molar-refractivity contribution in [2.24, 2.45) is 0 Å². The molecule has 0 bridgehead atoms. The van der Waals surface area contributed by atoms with Crippen LogP contribution in [0.5, 0.6) is 0 Å². The van der Waals surface area contributed by atoms with Crippen LogP contribution in [-0.2, 0) is 26.3 Å². The van der Waals surface area contributed by atoms with E-state index in [4.69, 9.17) is 9.26 Å². The number of aromatic nitrogens is 2. The summed E-state index contributed by atoms with van der Waals surface area (Å²) in [5.41, 5.74) is 0.416. The number of nitrogens with one attached hydrogen (secondary N) is 2. The van der Waals surface area contributed by atoms with Gasteiger partial charge in [-0.05, 0) is 43.5 Å². The summed E-state index contributed by atoms with van der Waals surface area (Å²) < 4.78 is 10.5. The van der Waals surface area contributed by atoms with Crippen LogP contribution in [-0.4, -0.2) is 34.5 Å². The zero-order valence-electron chi connectivity index (χ0n) is 19.3. The normalized spacial score (nSPS) is 15.3. The molecule has 1 aliphatic rings. The quantitative estimate of drug-likeness (QED) is 0.433. The number of carbonyl (C=O) groups is 3. The van der Waals surface area contributed by atoms with Crippen molar-refractivity contribution < 1.29 is 23.6 Å². The molecule has 9 heteroatoms. The first kappa shape index (κ1) is 24.4. The first-order valence-corrected chi connectivity index (χ1v) is 11.6. The molecule has 33 heavy (non-hydrogen) atoms. The van der Waals surface area contributed by atoms with Crippen molar-refractivity contribution in [3.8, 4) is 0 Å². The van der Waals surface area contributed by atoms with Gasteiger partial charge in [-0.2, -0.15) is 4.98 Å². The van der Waals surface area contributed by atoms with E-state index in [1.54, 1.807) is 24.3 Å². The van der Waals surface area contributed by atoms with E-state index in [0.717, 1.165) is 44.9 Å². The maximum Gasteiger partial charge on any atom is 0.338 e. The third kappa shape index (κ3) is 6.87. The number of anilines is 1. The Morgan fingerprint density at radius 2 is 1.79 bits per heavy atom. The topological polar surface area (TPSA) is 123 Å². The zero-order chi connectivity index (χ0) is 23.7. The minimum absolute atomic E-state index is 0.118. The Balaban J connectivity index is 1.55. The van der Waals surface area contributed by atoms with Gasteiger partial charge in [-0.25, -0.2) is 4.79 Å². The number of carbonyl (C=O) groups excluding carboxylic acids is 3. The molecule has 1 fully saturated rings. The molecular formula is C24H32N4O5. The molecule has 0 saturated heterocycles. The molecule has 0 atom stereocenters. The van der Waals surface area contributed by atoms with E-state index >= 15 is 0 Å². The lowest BCUT2D eigenvalue weighted by molar-refractivity contribution is -0.121. The summed E-state index contributed by atoms with van der Waals surface area (Å²) in [5, 5.41) is 9.99. The van der Waals surface area contributed by atoms with E-state index in [9.17, 15) is 14.4 Å². The van der Waals surface area contributed by atoms with Gasteiger partial charge in [0.05, 0.1) is 12.2 Å². The number of hydrogen-bond donors (Lipinski definition) is 2. The molecule has 3 rings (SSSR count). The maximum absolute atomic E-state index is 12.4. The highest BCUT2D eigenvalue weighted by molar-refractivity contribution is 5.93. The van der Waals surface area contributed by atoms with Gasteiger partial charge in [0.2, 0.25) is 17.7 Å². The van der Waals surface area contributed by atoms with Gasteiger partial charge in [0.15, 0.2) is 5.82 Å². The van der Waals surface area contributed by atoms with E-state index in [1.807, 2.05) is 6.92 Å². The van der Waals surface area contributed by atoms with Crippen LogP contribution >= 0.6 is 0 Å². The third-order valence-electron chi connectivity index (χ3n) is 5.68. The highest BCUT2D eigenvalue weighted by Gasteiger charge is 2.38. The molecule has 2 aromatic rings. The van der Waals surface area contributed by atoms with Crippen molar-refractivity contribution in [1.82, 2.24) is 15.5 Å². The Morgan fingerprint density at radius 1 is 1.09 bits per heavy atom. The Morgan fingerprint density at radius 3 is 2.42 bits per heavy atom. The second-order valence-corrected chi connectivity index (χ2v) is 8.45. The maximum atomic E-state index is 12.4. The van der Waals surface area contributed by atoms with E-state index in [0.29, 0.717) is 29.6 Å². The van der Waals surface area contributed by atoms with Gasteiger partial charge < -0.3 is 19.9 Å². The minimum Gasteiger partial charge on any atom is -0.462 e. The fourth-order valence-electron chi connectivity index (χ4n) is 4.04. The predicted octanol–water partition coefficient (Wildman–Crippen LogP) is 3.89. The van der Waals surface area contributed by atoms with Gasteiger partial charge in [-0.3, -0.25) is 9.59 Å². The van der Waals surface area contributed by atoms with Gasteiger partial charge >= 0.3 is 5.97 Å². The van der Waals surface area contributed by atoms with Crippen molar-refractivity contribution in [2.75, 3.05) is 11.9 Å². The van der Waals surface area contributed by atoms with Crippen molar-refractivity contribution in [3.63, 3.8) is 0 Å². The standard InChI is InChI=1S/C24H32N4O5/c1-3-16-32-22(31)18-8-10-19(11-9-18)25-20(30)12-13-21-26-23(28-33-21)24(27-17(2)29)14-6-4-5-7-15-24/h8-11H,3-7,12-16H2,1-2H3,(H,25,30)(H,27,29). The summed E-state index contributed by atoms with van der Waals surface area (Å²) in [4.78, 5) is 40.6. The molecule has 1 aromatic heterocycles. The molecule has 9 nitrogen and oxygen atoms in total. The van der Waals surface area contributed by atoms with Crippen LogP contribution in [0.4, 0.5) is 5.69 Å². The third-order valence-corrected chi connectivity index (χ3v) is 5.68. The smallest absolute Gasteiger partial charge is 0.338 e. The fourth-order valence-corrected chi connectivity index (χ4v) is 4.04. The minimum atomic E-state index is -0.605. The van der Waals surface area contributed by atoms with Crippen LogP contribution in [0.1, 0.15) is 87.3 Å². The zero-order valence-corrected chi connectivity index (χ0v) is 19.3. The van der Waals surface area contributed by atoms with Gasteiger partial charge in [-0.1, -0.05) is 37.8 Å². The molecular weight excluding hydrogens is 424 g/mol. The summed E-state index contributed by atoms with van der Waals surface area (Å²) >= 11 is 0. The van der Waals surface area contributed by atoms with E-state index in [-0.39, 0.29) is 30.6 Å². The number of esters is 1. The summed E-state index contributed by atoms with van der Waals surface area (Å²) in [5.74, 6) is 0.144. The van der Waals surface area contributed by atoms with Crippen molar-refractivity contribution in [3.05, 3.63) is 41.5 Å². The van der Waals surface area contributed by atoms with Gasteiger partial charge in [0, 0.05) is 25.5 Å². The van der Waals surface area contributed by atoms with Crippen LogP contribution in [0.25, 0.3) is 0 Å². The second-order valence-electron chi connectivity index (χ2n) is 8.45. The monoisotopic (exact) mass is 456 g/mol. The van der Waals surface area contributed by atoms with Crippen molar-refractivity contribution >= 4 is 23.5 Å². The molecule has 0 radical (unpaired) electrons. The SMILES string of the molecule is CCCOC(=O)c1ccc(NC(=O)CCc2nc(C3(NC(C)=O)CCCCCC3)no2)cc1. The number of amides is 2. The average Bonchev–Trinajstić information content (AvgIpc) is 3.16. The number of hydrogen-bond acceptors (Lipinski definition) is 7. The Kier molecular flexibility index (Phi) is 8.57. The molecule has 1 aromatic carbocycles. The fraction of sp³-hybridized carbons (Fsp3) is 0.542. The van der Waals surface area contributed by atoms with Gasteiger partial charge in [0.25, 0.3) is 0 Å². The first-order chi connectivity index (χ1) is 15.9. The van der Waals surface area contributed by atoms with Crippen molar-refractivity contribution in [1.29, 1.82) is 0 Å². The Labute approximate surface area is 193 Å². The van der Waals surface area contributed by atoms with Crippen molar-refractivity contribution in [2.45, 2.75) is 77.2 Å². The van der Waals surface area contributed by atoms with Crippen LogP contribution in [0.3, 0.4) is 0 Å². The van der Waals surface area contributed by atoms with E-state index in [2.05, 4.69) is 20.8 Å². The molecule has 2 amide bonds. The highest BCUT2D eigenvalue weighted by Crippen LogP contribution is 2.34. The summed E-state index contributed by atoms with van der Waals surface area (Å²) in [6.45, 7) is 3.80. The lowest BCUT2D eigenvalue weighted by Gasteiger charge is -2.30. The molecule has 2 N–H and O–H groups in total. The highest BCUT2D eigenvalue weighted by atomic mass is 16.5. The number of benzene rings is 1. The van der Waals surface area contributed by atoms with Crippen LogP contribution in [0.2, 0.25) is 0 Å². The molecule has 0 aliphatic heterocycles. The lowest BCUT2D eigenvalue weighted by atomic mass is 9.89. The van der Waals surface area contributed by atoms with E-state index < -0.39 is 5.54 Å². The van der Waals surface area contributed by atoms with Gasteiger partial charge in [-0.15, -0.1) is 0 Å². The summed E-state index contributed by atoms with van der Waals surface area (Å²) in [6.07, 6.45) is 6.97. The second kappa shape index (κ2) is 11.6. The predicted molar refractivity (Wildman–Crippen MR) is 121 cm³/mol. The van der Waals surface area contributed by atoms with E-state index in [1.165, 1.54) is 6.92 Å². The van der Waals surface area contributed by atoms with Crippen LogP contribution < -0.4 is 10.6 Å². The number of nitrogens with zero attached hydrogens (tertiary/aromatic N) is 2. The first-order valence-electron chi connectivity index (χ1n) is 11.6. The largest absolute Gasteiger partial charge is 0.462 e. The van der Waals surface area contributed by atoms with Crippen LogP contribution in [0, 0.1) is 0 Å². The molecule has 0 unspecified atom stereocenters. The molecule has 178 valence electrons. The Hall–Kier alpha value is -3.23. The molecule has 1 aliphatic carbocycles. The average molecular weight is 457 g/mol. The van der Waals surface area contributed by atoms with Crippen LogP contribution in [0.15, 0.2) is 28.8 Å². The Bertz CT molecular complexity index is 946. The number of aryl methyl sites for hydroxylation is 1. The molecule has 1 heterocycles. The molecule has 0 spiro atoms. The lowest BCUT2D eigenvalue weighted by Crippen LogP contribution is -2.45. The summed E-state index contributed by atoms with van der Waals surface area (Å²) in [6, 6.07) is 6.56. The van der Waals surface area contributed by atoms with Gasteiger partial charge in [0.1, 0.15) is 5.54 Å². The number of rotatable bonds is 9.